The molecule has 3 aromatic rings. The van der Waals surface area contributed by atoms with E-state index in [2.05, 4.69) is 0 Å². The van der Waals surface area contributed by atoms with Gasteiger partial charge in [0.25, 0.3) is 10.1 Å². The van der Waals surface area contributed by atoms with Crippen LogP contribution in [0.2, 0.25) is 20.1 Å². The summed E-state index contributed by atoms with van der Waals surface area (Å²) in [4.78, 5) is 0. The van der Waals surface area contributed by atoms with Crippen LogP contribution in [-0.4, -0.2) is 23.2 Å². The van der Waals surface area contributed by atoms with E-state index in [0.29, 0.717) is 0 Å². The third-order valence-corrected chi connectivity index (χ3v) is 7.07. The van der Waals surface area contributed by atoms with E-state index in [9.17, 15) is 23.2 Å². The Balaban J connectivity index is 2.68. The first-order valence-corrected chi connectivity index (χ1v) is 10.8. The topological polar surface area (TPSA) is 94.8 Å². The Morgan fingerprint density at radius 1 is 0.828 bits per heavy atom. The SMILES string of the molecule is O=S(=O)(O)C(c1cccc(Cl)c1)(c1cc(O)ccc1Cl)c1c(Cl)ccc(O)c1Cl. The van der Waals surface area contributed by atoms with Crippen LogP contribution in [0.25, 0.3) is 0 Å². The number of aromatic hydroxyl groups is 2. The second-order valence-electron chi connectivity index (χ2n) is 6.09. The molecule has 0 radical (unpaired) electrons. The number of benzene rings is 3. The van der Waals surface area contributed by atoms with Crippen LogP contribution in [0.1, 0.15) is 16.7 Å². The Bertz CT molecular complexity index is 1210. The smallest absolute Gasteiger partial charge is 0.283 e. The Kier molecular flexibility index (Phi) is 5.98. The fourth-order valence-electron chi connectivity index (χ4n) is 3.21. The molecule has 1 unspecified atom stereocenters. The number of hydrogen-bond acceptors (Lipinski definition) is 4. The van der Waals surface area contributed by atoms with E-state index in [4.69, 9.17) is 46.4 Å². The molecule has 0 saturated heterocycles. The van der Waals surface area contributed by atoms with Gasteiger partial charge in [-0.15, -0.1) is 0 Å². The van der Waals surface area contributed by atoms with Crippen molar-refractivity contribution in [2.45, 2.75) is 4.75 Å². The van der Waals surface area contributed by atoms with Gasteiger partial charge in [0.15, 0.2) is 4.75 Å². The van der Waals surface area contributed by atoms with E-state index >= 15 is 0 Å². The van der Waals surface area contributed by atoms with Gasteiger partial charge in [-0.3, -0.25) is 4.55 Å². The summed E-state index contributed by atoms with van der Waals surface area (Å²) in [5.74, 6) is -0.802. The van der Waals surface area contributed by atoms with Crippen LogP contribution in [-0.2, 0) is 14.9 Å². The lowest BCUT2D eigenvalue weighted by atomic mass is 9.83. The van der Waals surface area contributed by atoms with Crippen molar-refractivity contribution >= 4 is 56.5 Å². The molecule has 0 saturated carbocycles. The number of rotatable bonds is 4. The first-order chi connectivity index (χ1) is 13.5. The molecule has 152 valence electrons. The monoisotopic (exact) mass is 492 g/mol. The molecule has 1 atom stereocenters. The molecule has 3 rings (SSSR count). The second-order valence-corrected chi connectivity index (χ2v) is 9.28. The van der Waals surface area contributed by atoms with Gasteiger partial charge in [-0.2, -0.15) is 8.42 Å². The molecule has 5 nitrogen and oxygen atoms in total. The van der Waals surface area contributed by atoms with Crippen molar-refractivity contribution in [3.05, 3.63) is 91.4 Å². The number of halogens is 4. The number of phenolic OH excluding ortho intramolecular Hbond substituents is 2. The van der Waals surface area contributed by atoms with Crippen LogP contribution < -0.4 is 0 Å². The van der Waals surface area contributed by atoms with Gasteiger partial charge in [0, 0.05) is 26.2 Å². The molecule has 0 aliphatic rings. The average Bonchev–Trinajstić information content (AvgIpc) is 2.63. The van der Waals surface area contributed by atoms with Gasteiger partial charge in [-0.05, 0) is 48.0 Å². The molecule has 0 aliphatic heterocycles. The summed E-state index contributed by atoms with van der Waals surface area (Å²) >= 11 is 25.0. The van der Waals surface area contributed by atoms with Crippen LogP contribution in [0, 0.1) is 0 Å². The van der Waals surface area contributed by atoms with Crippen molar-refractivity contribution in [2.24, 2.45) is 0 Å². The van der Waals surface area contributed by atoms with Crippen LogP contribution in [0.4, 0.5) is 0 Å². The predicted molar refractivity (Wildman–Crippen MR) is 114 cm³/mol. The normalized spacial score (nSPS) is 13.8. The molecule has 0 aliphatic carbocycles. The summed E-state index contributed by atoms with van der Waals surface area (Å²) in [6.45, 7) is 0. The van der Waals surface area contributed by atoms with Crippen LogP contribution >= 0.6 is 46.4 Å². The highest BCUT2D eigenvalue weighted by atomic mass is 35.5. The Hall–Kier alpha value is -1.67. The highest BCUT2D eigenvalue weighted by Gasteiger charge is 2.52. The van der Waals surface area contributed by atoms with E-state index in [0.717, 1.165) is 6.07 Å². The van der Waals surface area contributed by atoms with Crippen molar-refractivity contribution in [1.29, 1.82) is 0 Å². The van der Waals surface area contributed by atoms with Gasteiger partial charge in [-0.25, -0.2) is 0 Å². The molecule has 0 aromatic heterocycles. The third-order valence-electron chi connectivity index (χ3n) is 4.37. The fourth-order valence-corrected chi connectivity index (χ4v) is 5.82. The van der Waals surface area contributed by atoms with E-state index in [1.54, 1.807) is 0 Å². The van der Waals surface area contributed by atoms with Crippen molar-refractivity contribution in [1.82, 2.24) is 0 Å². The maximum Gasteiger partial charge on any atom is 0.283 e. The largest absolute Gasteiger partial charge is 0.508 e. The summed E-state index contributed by atoms with van der Waals surface area (Å²) < 4.78 is 34.0. The lowest BCUT2D eigenvalue weighted by molar-refractivity contribution is 0.455. The maximum absolute atomic E-state index is 13.0. The standard InChI is InChI=1S/C19H12Cl4O5S/c20-11-3-1-2-10(8-11)19(29(26,27)28,13-9-12(24)4-5-14(13)21)17-15(22)6-7-16(25)18(17)23/h1-9,24-25H,(H,26,27,28). The molecule has 0 bridgehead atoms. The summed E-state index contributed by atoms with van der Waals surface area (Å²) in [5, 5.41) is 19.6. The van der Waals surface area contributed by atoms with E-state index < -0.39 is 25.6 Å². The van der Waals surface area contributed by atoms with E-state index in [1.807, 2.05) is 0 Å². The quantitative estimate of drug-likeness (QED) is 0.311. The molecule has 0 fully saturated rings. The van der Waals surface area contributed by atoms with Crippen LogP contribution in [0.5, 0.6) is 11.5 Å². The molecule has 3 aromatic carbocycles. The van der Waals surface area contributed by atoms with E-state index in [-0.39, 0.29) is 37.5 Å². The highest BCUT2D eigenvalue weighted by Crippen LogP contribution is 2.53. The predicted octanol–water partition coefficient (Wildman–Crippen LogP) is 5.89. The molecule has 0 amide bonds. The van der Waals surface area contributed by atoms with Crippen molar-refractivity contribution in [3.8, 4) is 11.5 Å². The van der Waals surface area contributed by atoms with Gasteiger partial charge < -0.3 is 10.2 Å². The van der Waals surface area contributed by atoms with E-state index in [1.165, 1.54) is 48.5 Å². The van der Waals surface area contributed by atoms with Crippen molar-refractivity contribution in [2.75, 3.05) is 0 Å². The average molecular weight is 494 g/mol. The molecule has 29 heavy (non-hydrogen) atoms. The third kappa shape index (κ3) is 3.65. The van der Waals surface area contributed by atoms with Gasteiger partial charge in [0.1, 0.15) is 11.5 Å². The Morgan fingerprint density at radius 2 is 1.48 bits per heavy atom. The second kappa shape index (κ2) is 7.87. The van der Waals surface area contributed by atoms with Gasteiger partial charge in [0.2, 0.25) is 0 Å². The van der Waals surface area contributed by atoms with Crippen molar-refractivity contribution in [3.63, 3.8) is 0 Å². The van der Waals surface area contributed by atoms with Crippen molar-refractivity contribution < 1.29 is 23.2 Å². The molecular weight excluding hydrogens is 482 g/mol. The summed E-state index contributed by atoms with van der Waals surface area (Å²) in [7, 11) is -5.14. The minimum absolute atomic E-state index is 0.0607. The Labute approximate surface area is 186 Å². The molecule has 0 spiro atoms. The maximum atomic E-state index is 13.0. The number of hydrogen-bond donors (Lipinski definition) is 3. The zero-order valence-electron chi connectivity index (χ0n) is 14.3. The molecule has 0 heterocycles. The zero-order chi connectivity index (χ0) is 21.6. The zero-order valence-corrected chi connectivity index (χ0v) is 18.1. The Morgan fingerprint density at radius 3 is 2.10 bits per heavy atom. The van der Waals surface area contributed by atoms with Gasteiger partial charge >= 0.3 is 0 Å². The number of phenols is 2. The minimum Gasteiger partial charge on any atom is -0.508 e. The fraction of sp³-hybridized carbons (Fsp3) is 0.0526. The lowest BCUT2D eigenvalue weighted by Gasteiger charge is -2.34. The first kappa shape index (κ1) is 22.0. The van der Waals surface area contributed by atoms with Crippen LogP contribution in [0.3, 0.4) is 0 Å². The van der Waals surface area contributed by atoms with Crippen LogP contribution in [0.15, 0.2) is 54.6 Å². The molecule has 3 N–H and O–H groups in total. The first-order valence-electron chi connectivity index (χ1n) is 7.89. The lowest BCUT2D eigenvalue weighted by Crippen LogP contribution is -2.39. The minimum atomic E-state index is -5.14. The molecule has 10 heteroatoms. The summed E-state index contributed by atoms with van der Waals surface area (Å²) in [5.41, 5.74) is -0.647. The highest BCUT2D eigenvalue weighted by molar-refractivity contribution is 7.87. The van der Waals surface area contributed by atoms with Gasteiger partial charge in [0.05, 0.1) is 5.02 Å². The van der Waals surface area contributed by atoms with Gasteiger partial charge in [-0.1, -0.05) is 58.5 Å². The molecular formula is C19H12Cl4O5S. The summed E-state index contributed by atoms with van der Waals surface area (Å²) in [6.07, 6.45) is 0. The summed E-state index contributed by atoms with van der Waals surface area (Å²) in [6, 6.07) is 11.6.